The lowest BCUT2D eigenvalue weighted by atomic mass is 9.81. The third kappa shape index (κ3) is 7.12. The van der Waals surface area contributed by atoms with E-state index in [0.717, 1.165) is 19.3 Å². The van der Waals surface area contributed by atoms with Crippen LogP contribution >= 0.6 is 0 Å². The minimum Gasteiger partial charge on any atom is -0.295 e. The van der Waals surface area contributed by atoms with E-state index < -0.39 is 0 Å². The van der Waals surface area contributed by atoms with Crippen LogP contribution in [0.15, 0.2) is 23.8 Å². The van der Waals surface area contributed by atoms with Gasteiger partial charge in [-0.15, -0.1) is 0 Å². The molecular weight excluding hydrogens is 184 g/mol. The molecule has 0 aliphatic heterocycles. The number of allylic oxidation sites excluding steroid dienone is 4. The van der Waals surface area contributed by atoms with Gasteiger partial charge in [0.25, 0.3) is 0 Å². The molecule has 86 valence electrons. The minimum atomic E-state index is 0.134. The fourth-order valence-corrected chi connectivity index (χ4v) is 1.58. The van der Waals surface area contributed by atoms with Crippen molar-refractivity contribution in [1.82, 2.24) is 0 Å². The standard InChI is InChI=1S/C14H24O/c1-6-9-14(5,10-7-12(2)3)11-8-13(4)15/h7-8,11H,6,9-10H2,1-5H3. The zero-order valence-electron chi connectivity index (χ0n) is 10.8. The van der Waals surface area contributed by atoms with Gasteiger partial charge in [-0.05, 0) is 45.1 Å². The van der Waals surface area contributed by atoms with Gasteiger partial charge < -0.3 is 0 Å². The van der Waals surface area contributed by atoms with Crippen LogP contribution in [0.3, 0.4) is 0 Å². The summed E-state index contributed by atoms with van der Waals surface area (Å²) in [6.45, 7) is 10.2. The van der Waals surface area contributed by atoms with Crippen LogP contribution in [-0.4, -0.2) is 5.78 Å². The predicted octanol–water partition coefficient (Wildman–Crippen LogP) is 4.29. The van der Waals surface area contributed by atoms with Crippen LogP contribution in [0.4, 0.5) is 0 Å². The molecule has 0 aliphatic rings. The maximum Gasteiger partial charge on any atom is 0.152 e. The summed E-state index contributed by atoms with van der Waals surface area (Å²) >= 11 is 0. The highest BCUT2D eigenvalue weighted by molar-refractivity contribution is 5.87. The van der Waals surface area contributed by atoms with Crippen molar-refractivity contribution in [3.63, 3.8) is 0 Å². The van der Waals surface area contributed by atoms with E-state index in [1.54, 1.807) is 13.0 Å². The summed E-state index contributed by atoms with van der Waals surface area (Å²) in [4.78, 5) is 10.9. The van der Waals surface area contributed by atoms with Gasteiger partial charge in [-0.1, -0.05) is 38.0 Å². The summed E-state index contributed by atoms with van der Waals surface area (Å²) in [6.07, 6.45) is 9.32. The molecule has 0 amide bonds. The highest BCUT2D eigenvalue weighted by Crippen LogP contribution is 2.30. The van der Waals surface area contributed by atoms with Gasteiger partial charge in [0.05, 0.1) is 0 Å². The van der Waals surface area contributed by atoms with Crippen LogP contribution in [-0.2, 0) is 4.79 Å². The fraction of sp³-hybridized carbons (Fsp3) is 0.643. The van der Waals surface area contributed by atoms with Gasteiger partial charge in [-0.3, -0.25) is 4.79 Å². The third-order valence-electron chi connectivity index (χ3n) is 2.52. The Hall–Kier alpha value is -0.850. The topological polar surface area (TPSA) is 17.1 Å². The quantitative estimate of drug-likeness (QED) is 0.470. The summed E-state index contributed by atoms with van der Waals surface area (Å²) in [7, 11) is 0. The second kappa shape index (κ2) is 6.60. The maximum absolute atomic E-state index is 10.9. The van der Waals surface area contributed by atoms with Gasteiger partial charge in [-0.2, -0.15) is 0 Å². The van der Waals surface area contributed by atoms with Crippen molar-refractivity contribution in [2.75, 3.05) is 0 Å². The van der Waals surface area contributed by atoms with E-state index in [9.17, 15) is 4.79 Å². The van der Waals surface area contributed by atoms with Crippen molar-refractivity contribution in [2.24, 2.45) is 5.41 Å². The average molecular weight is 208 g/mol. The van der Waals surface area contributed by atoms with Crippen molar-refractivity contribution < 1.29 is 4.79 Å². The van der Waals surface area contributed by atoms with Gasteiger partial charge in [0.2, 0.25) is 0 Å². The Morgan fingerprint density at radius 3 is 2.27 bits per heavy atom. The summed E-state index contributed by atoms with van der Waals surface area (Å²) in [6, 6.07) is 0. The second-order valence-corrected chi connectivity index (χ2v) is 4.83. The van der Waals surface area contributed by atoms with Crippen molar-refractivity contribution >= 4 is 5.78 Å². The Labute approximate surface area is 94.3 Å². The van der Waals surface area contributed by atoms with E-state index >= 15 is 0 Å². The van der Waals surface area contributed by atoms with Gasteiger partial charge in [0, 0.05) is 0 Å². The number of carbonyl (C=O) groups excluding carboxylic acids is 1. The number of rotatable bonds is 6. The smallest absolute Gasteiger partial charge is 0.152 e. The molecule has 1 heteroatoms. The molecule has 0 aromatic heterocycles. The zero-order chi connectivity index (χ0) is 11.9. The van der Waals surface area contributed by atoms with E-state index in [1.807, 2.05) is 0 Å². The molecule has 0 radical (unpaired) electrons. The van der Waals surface area contributed by atoms with E-state index in [-0.39, 0.29) is 11.2 Å². The first-order valence-corrected chi connectivity index (χ1v) is 5.73. The van der Waals surface area contributed by atoms with Gasteiger partial charge in [0.1, 0.15) is 0 Å². The molecule has 0 rings (SSSR count). The SMILES string of the molecule is CCCC(C)(C=CC(C)=O)CC=C(C)C. The lowest BCUT2D eigenvalue weighted by molar-refractivity contribution is -0.112. The molecule has 0 spiro atoms. The van der Waals surface area contributed by atoms with E-state index in [0.29, 0.717) is 0 Å². The molecule has 0 heterocycles. The Kier molecular flexibility index (Phi) is 6.23. The highest BCUT2D eigenvalue weighted by Gasteiger charge is 2.18. The number of hydrogen-bond donors (Lipinski definition) is 0. The van der Waals surface area contributed by atoms with Crippen LogP contribution < -0.4 is 0 Å². The molecule has 0 bridgehead atoms. The normalized spacial score (nSPS) is 15.0. The number of hydrogen-bond acceptors (Lipinski definition) is 1. The minimum absolute atomic E-state index is 0.134. The molecule has 0 saturated carbocycles. The Bertz CT molecular complexity index is 257. The van der Waals surface area contributed by atoms with Crippen LogP contribution in [0.2, 0.25) is 0 Å². The fourth-order valence-electron chi connectivity index (χ4n) is 1.58. The molecule has 0 aliphatic carbocycles. The molecule has 15 heavy (non-hydrogen) atoms. The van der Waals surface area contributed by atoms with Crippen molar-refractivity contribution in [2.45, 2.75) is 53.9 Å². The van der Waals surface area contributed by atoms with Crippen molar-refractivity contribution in [3.05, 3.63) is 23.8 Å². The van der Waals surface area contributed by atoms with Crippen LogP contribution in [0, 0.1) is 5.41 Å². The summed E-state index contributed by atoms with van der Waals surface area (Å²) in [5, 5.41) is 0. The largest absolute Gasteiger partial charge is 0.295 e. The molecular formula is C14H24O. The lowest BCUT2D eigenvalue weighted by Gasteiger charge is -2.24. The third-order valence-corrected chi connectivity index (χ3v) is 2.52. The Morgan fingerprint density at radius 1 is 1.27 bits per heavy atom. The molecule has 0 saturated heterocycles. The van der Waals surface area contributed by atoms with Crippen LogP contribution in [0.1, 0.15) is 53.9 Å². The van der Waals surface area contributed by atoms with Gasteiger partial charge >= 0.3 is 0 Å². The summed E-state index contributed by atoms with van der Waals surface area (Å²) in [5.41, 5.74) is 1.48. The Balaban J connectivity index is 4.58. The van der Waals surface area contributed by atoms with Crippen LogP contribution in [0.5, 0.6) is 0 Å². The first kappa shape index (κ1) is 14.2. The predicted molar refractivity (Wildman–Crippen MR) is 66.9 cm³/mol. The van der Waals surface area contributed by atoms with E-state index in [4.69, 9.17) is 0 Å². The second-order valence-electron chi connectivity index (χ2n) is 4.83. The molecule has 1 nitrogen and oxygen atoms in total. The average Bonchev–Trinajstić information content (AvgIpc) is 2.13. The highest BCUT2D eigenvalue weighted by atomic mass is 16.1. The summed E-state index contributed by atoms with van der Waals surface area (Å²) < 4.78 is 0. The monoisotopic (exact) mass is 208 g/mol. The van der Waals surface area contributed by atoms with Crippen molar-refractivity contribution in [1.29, 1.82) is 0 Å². The molecule has 0 aromatic carbocycles. The summed E-state index contributed by atoms with van der Waals surface area (Å²) in [5.74, 6) is 0.134. The van der Waals surface area contributed by atoms with E-state index in [1.165, 1.54) is 5.57 Å². The molecule has 1 atom stereocenters. The molecule has 0 N–H and O–H groups in total. The number of carbonyl (C=O) groups is 1. The first-order chi connectivity index (χ1) is 6.89. The van der Waals surface area contributed by atoms with E-state index in [2.05, 4.69) is 39.8 Å². The maximum atomic E-state index is 10.9. The molecule has 1 unspecified atom stereocenters. The lowest BCUT2D eigenvalue weighted by Crippen LogP contribution is -2.12. The van der Waals surface area contributed by atoms with Gasteiger partial charge in [0.15, 0.2) is 5.78 Å². The molecule has 0 fully saturated rings. The first-order valence-electron chi connectivity index (χ1n) is 5.73. The van der Waals surface area contributed by atoms with Gasteiger partial charge in [-0.25, -0.2) is 0 Å². The Morgan fingerprint density at radius 2 is 1.87 bits per heavy atom. The zero-order valence-corrected chi connectivity index (χ0v) is 10.8. The van der Waals surface area contributed by atoms with Crippen LogP contribution in [0.25, 0.3) is 0 Å². The molecule has 0 aromatic rings. The van der Waals surface area contributed by atoms with Crippen molar-refractivity contribution in [3.8, 4) is 0 Å². The number of ketones is 1.